The summed E-state index contributed by atoms with van der Waals surface area (Å²) in [5.74, 6) is -1.40. The lowest BCUT2D eigenvalue weighted by Gasteiger charge is -2.37. The van der Waals surface area contributed by atoms with Gasteiger partial charge in [-0.25, -0.2) is 0 Å². The second kappa shape index (κ2) is 9.71. The Bertz CT molecular complexity index is 708. The zero-order valence-electron chi connectivity index (χ0n) is 17.2. The van der Waals surface area contributed by atoms with Gasteiger partial charge >= 0.3 is 5.97 Å². The minimum Gasteiger partial charge on any atom is -0.481 e. The van der Waals surface area contributed by atoms with Crippen LogP contribution in [0.2, 0.25) is 0 Å². The highest BCUT2D eigenvalue weighted by Gasteiger charge is 2.43. The zero-order chi connectivity index (χ0) is 20.7. The summed E-state index contributed by atoms with van der Waals surface area (Å²) in [4.78, 5) is 39.3. The molecule has 28 heavy (non-hydrogen) atoms. The van der Waals surface area contributed by atoms with E-state index in [0.717, 1.165) is 32.1 Å². The third-order valence-electron chi connectivity index (χ3n) is 6.00. The molecule has 1 unspecified atom stereocenters. The lowest BCUT2D eigenvalue weighted by Crippen LogP contribution is -2.43. The molecule has 0 radical (unpaired) electrons. The molecule has 6 heteroatoms. The van der Waals surface area contributed by atoms with E-state index in [4.69, 9.17) is 0 Å². The summed E-state index contributed by atoms with van der Waals surface area (Å²) >= 11 is 0. The third kappa shape index (κ3) is 4.91. The summed E-state index contributed by atoms with van der Waals surface area (Å²) in [6.07, 6.45) is 4.67. The maximum atomic E-state index is 13.3. The Balaban J connectivity index is 2.30. The minimum atomic E-state index is -1.00. The first kappa shape index (κ1) is 21.9. The second-order valence-corrected chi connectivity index (χ2v) is 7.80. The molecule has 1 saturated carbocycles. The molecule has 2 rings (SSSR count). The van der Waals surface area contributed by atoms with Gasteiger partial charge in [-0.2, -0.15) is 0 Å². The quantitative estimate of drug-likeness (QED) is 0.700. The largest absolute Gasteiger partial charge is 0.481 e. The SMILES string of the molecule is CCN(CC)C(=O)c1ccccc1NC(=O)C(C)(CC(=O)O)C1CCCCC1. The summed E-state index contributed by atoms with van der Waals surface area (Å²) in [5.41, 5.74) is -0.130. The van der Waals surface area contributed by atoms with Crippen molar-refractivity contribution >= 4 is 23.5 Å². The van der Waals surface area contributed by atoms with Crippen LogP contribution in [0.25, 0.3) is 0 Å². The van der Waals surface area contributed by atoms with Gasteiger partial charge < -0.3 is 15.3 Å². The van der Waals surface area contributed by atoms with Gasteiger partial charge in [-0.1, -0.05) is 31.4 Å². The summed E-state index contributed by atoms with van der Waals surface area (Å²) in [6, 6.07) is 6.94. The van der Waals surface area contributed by atoms with E-state index in [1.807, 2.05) is 13.8 Å². The second-order valence-electron chi connectivity index (χ2n) is 7.80. The number of anilines is 1. The summed E-state index contributed by atoms with van der Waals surface area (Å²) < 4.78 is 0. The molecule has 1 aliphatic carbocycles. The maximum absolute atomic E-state index is 13.3. The van der Waals surface area contributed by atoms with E-state index in [0.29, 0.717) is 24.3 Å². The van der Waals surface area contributed by atoms with Crippen LogP contribution in [0, 0.1) is 11.3 Å². The predicted molar refractivity (Wildman–Crippen MR) is 109 cm³/mol. The van der Waals surface area contributed by atoms with Crippen molar-refractivity contribution in [2.45, 2.75) is 59.3 Å². The van der Waals surface area contributed by atoms with Gasteiger partial charge in [-0.05, 0) is 51.7 Å². The van der Waals surface area contributed by atoms with Crippen molar-refractivity contribution in [2.24, 2.45) is 11.3 Å². The zero-order valence-corrected chi connectivity index (χ0v) is 17.2. The average molecular weight is 389 g/mol. The van der Waals surface area contributed by atoms with E-state index in [1.165, 1.54) is 0 Å². The van der Waals surface area contributed by atoms with E-state index in [1.54, 1.807) is 36.1 Å². The number of para-hydroxylation sites is 1. The first-order chi connectivity index (χ1) is 13.3. The van der Waals surface area contributed by atoms with Crippen molar-refractivity contribution in [2.75, 3.05) is 18.4 Å². The molecule has 1 atom stereocenters. The molecule has 6 nitrogen and oxygen atoms in total. The molecule has 0 spiro atoms. The van der Waals surface area contributed by atoms with Crippen molar-refractivity contribution in [3.63, 3.8) is 0 Å². The molecule has 1 fully saturated rings. The number of carboxylic acid groups (broad SMARTS) is 1. The number of amides is 2. The number of benzene rings is 1. The average Bonchev–Trinajstić information content (AvgIpc) is 2.69. The summed E-state index contributed by atoms with van der Waals surface area (Å²) in [7, 11) is 0. The molecule has 1 aromatic rings. The van der Waals surface area contributed by atoms with Gasteiger partial charge in [-0.3, -0.25) is 14.4 Å². The standard InChI is InChI=1S/C22H32N2O4/c1-4-24(5-2)20(27)17-13-9-10-14-18(17)23-21(28)22(3,15-19(25)26)16-11-7-6-8-12-16/h9-10,13-14,16H,4-8,11-12,15H2,1-3H3,(H,23,28)(H,25,26). The number of hydrogen-bond donors (Lipinski definition) is 2. The van der Waals surface area contributed by atoms with E-state index < -0.39 is 11.4 Å². The summed E-state index contributed by atoms with van der Waals surface area (Å²) in [5, 5.41) is 12.3. The molecule has 0 saturated heterocycles. The number of rotatable bonds is 8. The van der Waals surface area contributed by atoms with Gasteiger partial charge in [0.25, 0.3) is 5.91 Å². The molecule has 0 aromatic heterocycles. The van der Waals surface area contributed by atoms with Crippen molar-refractivity contribution in [3.8, 4) is 0 Å². The monoisotopic (exact) mass is 388 g/mol. The number of nitrogens with zero attached hydrogens (tertiary/aromatic N) is 1. The molecule has 1 aromatic carbocycles. The van der Waals surface area contributed by atoms with Gasteiger partial charge in [0.15, 0.2) is 0 Å². The van der Waals surface area contributed by atoms with Crippen molar-refractivity contribution in [1.82, 2.24) is 4.90 Å². The fourth-order valence-electron chi connectivity index (χ4n) is 4.19. The number of aliphatic carboxylic acids is 1. The number of carbonyl (C=O) groups excluding carboxylic acids is 2. The van der Waals surface area contributed by atoms with Crippen molar-refractivity contribution in [3.05, 3.63) is 29.8 Å². The van der Waals surface area contributed by atoms with Gasteiger partial charge in [0, 0.05) is 13.1 Å². The number of carboxylic acids is 1. The molecular weight excluding hydrogens is 356 g/mol. The number of hydrogen-bond acceptors (Lipinski definition) is 3. The Morgan fingerprint density at radius 2 is 1.71 bits per heavy atom. The highest BCUT2D eigenvalue weighted by Crippen LogP contribution is 2.42. The van der Waals surface area contributed by atoms with Gasteiger partial charge in [0.1, 0.15) is 0 Å². The normalized spacial score (nSPS) is 16.8. The maximum Gasteiger partial charge on any atom is 0.304 e. The third-order valence-corrected chi connectivity index (χ3v) is 6.00. The van der Waals surface area contributed by atoms with Crippen LogP contribution < -0.4 is 5.32 Å². The van der Waals surface area contributed by atoms with Crippen LogP contribution >= 0.6 is 0 Å². The Hall–Kier alpha value is -2.37. The van der Waals surface area contributed by atoms with Crippen LogP contribution in [0.4, 0.5) is 5.69 Å². The van der Waals surface area contributed by atoms with Crippen LogP contribution in [-0.2, 0) is 9.59 Å². The molecule has 1 aliphatic rings. The highest BCUT2D eigenvalue weighted by molar-refractivity contribution is 6.05. The predicted octanol–water partition coefficient (Wildman–Crippen LogP) is 4.17. The van der Waals surface area contributed by atoms with Crippen molar-refractivity contribution in [1.29, 1.82) is 0 Å². The van der Waals surface area contributed by atoms with E-state index in [9.17, 15) is 19.5 Å². The van der Waals surface area contributed by atoms with E-state index in [-0.39, 0.29) is 24.2 Å². The molecular formula is C22H32N2O4. The van der Waals surface area contributed by atoms with E-state index in [2.05, 4.69) is 5.32 Å². The molecule has 2 amide bonds. The lowest BCUT2D eigenvalue weighted by molar-refractivity contribution is -0.145. The molecule has 0 aliphatic heterocycles. The summed E-state index contributed by atoms with van der Waals surface area (Å²) in [6.45, 7) is 6.74. The Morgan fingerprint density at radius 3 is 2.29 bits per heavy atom. The van der Waals surface area contributed by atoms with Crippen molar-refractivity contribution < 1.29 is 19.5 Å². The van der Waals surface area contributed by atoms with Crippen LogP contribution in [0.1, 0.15) is 69.7 Å². The van der Waals surface area contributed by atoms with Crippen LogP contribution in [0.5, 0.6) is 0 Å². The van der Waals surface area contributed by atoms with Crippen LogP contribution in [0.3, 0.4) is 0 Å². The Labute approximate surface area is 167 Å². The molecule has 0 heterocycles. The molecule has 154 valence electrons. The minimum absolute atomic E-state index is 0.0306. The topological polar surface area (TPSA) is 86.7 Å². The fraction of sp³-hybridized carbons (Fsp3) is 0.591. The van der Waals surface area contributed by atoms with E-state index >= 15 is 0 Å². The van der Waals surface area contributed by atoms with Crippen LogP contribution in [0.15, 0.2) is 24.3 Å². The van der Waals surface area contributed by atoms with Gasteiger partial charge in [0.2, 0.25) is 5.91 Å². The Kier molecular flexibility index (Phi) is 7.61. The lowest BCUT2D eigenvalue weighted by atomic mass is 9.67. The highest BCUT2D eigenvalue weighted by atomic mass is 16.4. The van der Waals surface area contributed by atoms with Crippen LogP contribution in [-0.4, -0.2) is 40.9 Å². The van der Waals surface area contributed by atoms with Gasteiger partial charge in [0.05, 0.1) is 23.1 Å². The number of nitrogens with one attached hydrogen (secondary N) is 1. The molecule has 0 bridgehead atoms. The first-order valence-electron chi connectivity index (χ1n) is 10.2. The fourth-order valence-corrected chi connectivity index (χ4v) is 4.19. The smallest absolute Gasteiger partial charge is 0.304 e. The number of carbonyl (C=O) groups is 3. The van der Waals surface area contributed by atoms with Gasteiger partial charge in [-0.15, -0.1) is 0 Å². The Morgan fingerprint density at radius 1 is 1.11 bits per heavy atom. The first-order valence-corrected chi connectivity index (χ1v) is 10.2. The molecule has 2 N–H and O–H groups in total.